The lowest BCUT2D eigenvalue weighted by molar-refractivity contribution is 0.149. The van der Waals surface area contributed by atoms with Crippen molar-refractivity contribution >= 4 is 5.69 Å². The fourth-order valence-electron chi connectivity index (χ4n) is 2.64. The monoisotopic (exact) mass is 283 g/mol. The van der Waals surface area contributed by atoms with E-state index in [0.717, 1.165) is 55.1 Å². The van der Waals surface area contributed by atoms with Gasteiger partial charge in [0.15, 0.2) is 0 Å². The third-order valence-corrected chi connectivity index (χ3v) is 3.89. The van der Waals surface area contributed by atoms with Gasteiger partial charge < -0.3 is 10.6 Å². The third-order valence-electron chi connectivity index (χ3n) is 3.89. The summed E-state index contributed by atoms with van der Waals surface area (Å²) in [4.78, 5) is 2.37. The molecule has 0 bridgehead atoms. The third kappa shape index (κ3) is 3.90. The van der Waals surface area contributed by atoms with E-state index in [1.807, 2.05) is 20.0 Å². The highest BCUT2D eigenvalue weighted by Crippen LogP contribution is 2.24. The van der Waals surface area contributed by atoms with E-state index in [1.54, 1.807) is 0 Å². The van der Waals surface area contributed by atoms with Gasteiger partial charge in [0.1, 0.15) is 0 Å². The highest BCUT2D eigenvalue weighted by molar-refractivity contribution is 5.52. The summed E-state index contributed by atoms with van der Waals surface area (Å²) in [6.07, 6.45) is -2.47. The molecule has 1 aliphatic heterocycles. The first kappa shape index (κ1) is 15.2. The number of benzene rings is 1. The van der Waals surface area contributed by atoms with Crippen molar-refractivity contribution in [3.63, 3.8) is 0 Å². The lowest BCUT2D eigenvalue weighted by Gasteiger charge is -2.28. The Morgan fingerprint density at radius 3 is 2.50 bits per heavy atom. The van der Waals surface area contributed by atoms with Crippen LogP contribution in [0.15, 0.2) is 12.1 Å². The Morgan fingerprint density at radius 1 is 1.25 bits per heavy atom. The average Bonchev–Trinajstić information content (AvgIpc) is 2.43. The van der Waals surface area contributed by atoms with Gasteiger partial charge in [0.05, 0.1) is 0 Å². The van der Waals surface area contributed by atoms with Gasteiger partial charge in [-0.05, 0) is 35.7 Å². The van der Waals surface area contributed by atoms with Crippen LogP contribution >= 0.6 is 0 Å². The lowest BCUT2D eigenvalue weighted by Crippen LogP contribution is -2.43. The van der Waals surface area contributed by atoms with Crippen molar-refractivity contribution in [2.75, 3.05) is 38.5 Å². The Hall–Kier alpha value is -1.20. The number of alkyl halides is 2. The Balaban J connectivity index is 2.21. The van der Waals surface area contributed by atoms with Crippen LogP contribution in [0.1, 0.15) is 16.7 Å². The van der Waals surface area contributed by atoms with Crippen LogP contribution in [0.3, 0.4) is 0 Å². The van der Waals surface area contributed by atoms with Gasteiger partial charge in [-0.25, -0.2) is 8.78 Å². The number of hydrogen-bond donors (Lipinski definition) is 2. The number of piperazine rings is 1. The number of hydrogen-bond acceptors (Lipinski definition) is 3. The molecule has 2 N–H and O–H groups in total. The number of anilines is 1. The lowest BCUT2D eigenvalue weighted by atomic mass is 9.98. The summed E-state index contributed by atoms with van der Waals surface area (Å²) in [5.74, 6) is 0. The van der Waals surface area contributed by atoms with E-state index in [4.69, 9.17) is 0 Å². The molecule has 112 valence electrons. The first-order valence-corrected chi connectivity index (χ1v) is 7.11. The van der Waals surface area contributed by atoms with Crippen molar-refractivity contribution in [2.24, 2.45) is 0 Å². The fraction of sp³-hybridized carbons (Fsp3) is 0.600. The SMILES string of the molecule is CNc1cc(CC(F)F)c(C)c(CN2CCNCC2)c1. The van der Waals surface area contributed by atoms with Crippen molar-refractivity contribution in [1.82, 2.24) is 10.2 Å². The van der Waals surface area contributed by atoms with Crippen LogP contribution in [0.25, 0.3) is 0 Å². The molecule has 1 aromatic carbocycles. The second-order valence-electron chi connectivity index (χ2n) is 5.29. The standard InChI is InChI=1S/C15H23F2N3/c1-11-12(9-15(16)17)7-14(18-2)8-13(11)10-20-5-3-19-4-6-20/h7-8,15,18-19H,3-6,9-10H2,1-2H3. The molecule has 0 saturated carbocycles. The van der Waals surface area contributed by atoms with Gasteiger partial charge in [-0.2, -0.15) is 0 Å². The molecule has 1 heterocycles. The minimum Gasteiger partial charge on any atom is -0.388 e. The highest BCUT2D eigenvalue weighted by atomic mass is 19.3. The predicted octanol–water partition coefficient (Wildman–Crippen LogP) is 2.25. The van der Waals surface area contributed by atoms with Crippen molar-refractivity contribution < 1.29 is 8.78 Å². The van der Waals surface area contributed by atoms with Crippen molar-refractivity contribution in [3.8, 4) is 0 Å². The summed E-state index contributed by atoms with van der Waals surface area (Å²) in [5, 5.41) is 6.39. The molecule has 0 amide bonds. The molecule has 3 nitrogen and oxygen atoms in total. The number of halogens is 2. The van der Waals surface area contributed by atoms with E-state index >= 15 is 0 Å². The van der Waals surface area contributed by atoms with Gasteiger partial charge >= 0.3 is 0 Å². The summed E-state index contributed by atoms with van der Waals surface area (Å²) >= 11 is 0. The molecule has 1 fully saturated rings. The zero-order valence-electron chi connectivity index (χ0n) is 12.2. The van der Waals surface area contributed by atoms with Gasteiger partial charge in [0.2, 0.25) is 6.43 Å². The molecular weight excluding hydrogens is 260 g/mol. The van der Waals surface area contributed by atoms with Gasteiger partial charge in [-0.3, -0.25) is 4.90 Å². The maximum absolute atomic E-state index is 12.7. The summed E-state index contributed by atoms with van der Waals surface area (Å²) in [6, 6.07) is 3.91. The van der Waals surface area contributed by atoms with E-state index in [1.165, 1.54) is 0 Å². The maximum Gasteiger partial charge on any atom is 0.242 e. The molecule has 20 heavy (non-hydrogen) atoms. The zero-order valence-corrected chi connectivity index (χ0v) is 12.2. The summed E-state index contributed by atoms with van der Waals surface area (Å²) in [6.45, 7) is 6.79. The Kier molecular flexibility index (Phi) is 5.31. The van der Waals surface area contributed by atoms with Gasteiger partial charge in [0, 0.05) is 51.9 Å². The first-order valence-electron chi connectivity index (χ1n) is 7.11. The normalized spacial score (nSPS) is 16.6. The molecule has 0 aromatic heterocycles. The minimum absolute atomic E-state index is 0.171. The Labute approximate surface area is 119 Å². The number of rotatable bonds is 5. The van der Waals surface area contributed by atoms with Crippen LogP contribution in [0.5, 0.6) is 0 Å². The maximum atomic E-state index is 12.7. The largest absolute Gasteiger partial charge is 0.388 e. The van der Waals surface area contributed by atoms with Crippen molar-refractivity contribution in [2.45, 2.75) is 26.3 Å². The van der Waals surface area contributed by atoms with Crippen LogP contribution < -0.4 is 10.6 Å². The molecule has 0 aliphatic carbocycles. The van der Waals surface area contributed by atoms with E-state index in [0.29, 0.717) is 0 Å². The van der Waals surface area contributed by atoms with Crippen LogP contribution in [0.4, 0.5) is 14.5 Å². The molecule has 2 rings (SSSR count). The summed E-state index contributed by atoms with van der Waals surface area (Å²) in [7, 11) is 1.82. The van der Waals surface area contributed by atoms with E-state index in [9.17, 15) is 8.78 Å². The molecule has 0 atom stereocenters. The van der Waals surface area contributed by atoms with Gasteiger partial charge in [0.25, 0.3) is 0 Å². The summed E-state index contributed by atoms with van der Waals surface area (Å²) < 4.78 is 25.4. The fourth-order valence-corrected chi connectivity index (χ4v) is 2.64. The van der Waals surface area contributed by atoms with E-state index in [2.05, 4.69) is 21.6 Å². The molecule has 1 aromatic rings. The molecular formula is C15H23F2N3. The van der Waals surface area contributed by atoms with E-state index in [-0.39, 0.29) is 6.42 Å². The molecule has 1 saturated heterocycles. The molecule has 0 spiro atoms. The molecule has 0 radical (unpaired) electrons. The van der Waals surface area contributed by atoms with Crippen LogP contribution in [-0.2, 0) is 13.0 Å². The topological polar surface area (TPSA) is 27.3 Å². The molecule has 5 heteroatoms. The second kappa shape index (κ2) is 6.99. The predicted molar refractivity (Wildman–Crippen MR) is 78.6 cm³/mol. The van der Waals surface area contributed by atoms with Crippen molar-refractivity contribution in [3.05, 3.63) is 28.8 Å². The van der Waals surface area contributed by atoms with E-state index < -0.39 is 6.43 Å². The van der Waals surface area contributed by atoms with Crippen LogP contribution in [-0.4, -0.2) is 44.6 Å². The average molecular weight is 283 g/mol. The number of nitrogens with zero attached hydrogens (tertiary/aromatic N) is 1. The summed E-state index contributed by atoms with van der Waals surface area (Å²) in [5.41, 5.74) is 3.81. The zero-order chi connectivity index (χ0) is 14.5. The van der Waals surface area contributed by atoms with Gasteiger partial charge in [-0.15, -0.1) is 0 Å². The Morgan fingerprint density at radius 2 is 1.90 bits per heavy atom. The highest BCUT2D eigenvalue weighted by Gasteiger charge is 2.15. The van der Waals surface area contributed by atoms with Crippen molar-refractivity contribution in [1.29, 1.82) is 0 Å². The second-order valence-corrected chi connectivity index (χ2v) is 5.29. The molecule has 1 aliphatic rings. The number of nitrogens with one attached hydrogen (secondary N) is 2. The first-order chi connectivity index (χ1) is 9.60. The van der Waals surface area contributed by atoms with Crippen LogP contribution in [0.2, 0.25) is 0 Å². The van der Waals surface area contributed by atoms with Crippen LogP contribution in [0, 0.1) is 6.92 Å². The molecule has 0 unspecified atom stereocenters. The quantitative estimate of drug-likeness (QED) is 0.868. The smallest absolute Gasteiger partial charge is 0.242 e. The Bertz CT molecular complexity index is 443. The van der Waals surface area contributed by atoms with Gasteiger partial charge in [-0.1, -0.05) is 0 Å². The minimum atomic E-state index is -2.30.